The fourth-order valence-corrected chi connectivity index (χ4v) is 4.65. The molecule has 3 aromatic rings. The van der Waals surface area contributed by atoms with Gasteiger partial charge in [-0.2, -0.15) is 0 Å². The number of carbonyl (C=O) groups excluding carboxylic acids is 1. The molecule has 0 radical (unpaired) electrons. The normalized spacial score (nSPS) is 16.2. The lowest BCUT2D eigenvalue weighted by Crippen LogP contribution is -2.49. The van der Waals surface area contributed by atoms with Gasteiger partial charge in [-0.1, -0.05) is 53.6 Å². The number of hydrogen-bond acceptors (Lipinski definition) is 4. The van der Waals surface area contributed by atoms with Gasteiger partial charge in [0.15, 0.2) is 0 Å². The summed E-state index contributed by atoms with van der Waals surface area (Å²) < 4.78 is 0. The smallest absolute Gasteiger partial charge is 0.255 e. The fourth-order valence-electron chi connectivity index (χ4n) is 4.43. The van der Waals surface area contributed by atoms with Crippen LogP contribution >= 0.6 is 11.6 Å². The van der Waals surface area contributed by atoms with Crippen LogP contribution in [0.1, 0.15) is 57.3 Å². The van der Waals surface area contributed by atoms with Crippen LogP contribution in [-0.4, -0.2) is 47.0 Å². The van der Waals surface area contributed by atoms with Crippen LogP contribution in [0.4, 0.5) is 5.82 Å². The highest BCUT2D eigenvalue weighted by atomic mass is 35.5. The van der Waals surface area contributed by atoms with E-state index in [2.05, 4.69) is 43.0 Å². The van der Waals surface area contributed by atoms with Gasteiger partial charge in [0.2, 0.25) is 0 Å². The number of nitrogens with zero attached hydrogens (tertiary/aromatic N) is 4. The van der Waals surface area contributed by atoms with E-state index in [1.165, 1.54) is 29.5 Å². The van der Waals surface area contributed by atoms with Gasteiger partial charge in [0.1, 0.15) is 11.6 Å². The van der Waals surface area contributed by atoms with Gasteiger partial charge in [-0.05, 0) is 44.4 Å². The van der Waals surface area contributed by atoms with E-state index < -0.39 is 0 Å². The molecule has 33 heavy (non-hydrogen) atoms. The standard InChI is InChI=1S/C27H29ClN4O/c1-18-7-9-20(10-8-18)17-23-19(2)29-25(21-11-12-21)30-26(23)31-13-15-32(16-14-31)27(33)22-5-3-4-6-24(22)28/h3-10,21H,11-17H2,1-2H3. The zero-order chi connectivity index (χ0) is 22.9. The molecule has 1 saturated heterocycles. The van der Waals surface area contributed by atoms with E-state index in [0.29, 0.717) is 29.6 Å². The first kappa shape index (κ1) is 21.9. The summed E-state index contributed by atoms with van der Waals surface area (Å²) in [6.07, 6.45) is 3.16. The molecule has 1 aromatic heterocycles. The summed E-state index contributed by atoms with van der Waals surface area (Å²) >= 11 is 6.27. The van der Waals surface area contributed by atoms with E-state index in [1.54, 1.807) is 12.1 Å². The Kier molecular flexibility index (Phi) is 6.07. The third-order valence-corrected chi connectivity index (χ3v) is 6.95. The van der Waals surface area contributed by atoms with Gasteiger partial charge < -0.3 is 9.80 Å². The molecule has 2 heterocycles. The third-order valence-electron chi connectivity index (χ3n) is 6.62. The van der Waals surface area contributed by atoms with Gasteiger partial charge in [0.05, 0.1) is 10.6 Å². The predicted octanol–water partition coefficient (Wildman–Crippen LogP) is 5.18. The molecule has 2 aromatic carbocycles. The van der Waals surface area contributed by atoms with Crippen LogP contribution in [0.2, 0.25) is 5.02 Å². The number of aryl methyl sites for hydroxylation is 2. The lowest BCUT2D eigenvalue weighted by Gasteiger charge is -2.36. The van der Waals surface area contributed by atoms with Crippen molar-refractivity contribution >= 4 is 23.3 Å². The quantitative estimate of drug-likeness (QED) is 0.526. The maximum Gasteiger partial charge on any atom is 0.255 e. The van der Waals surface area contributed by atoms with Crippen molar-refractivity contribution < 1.29 is 4.79 Å². The van der Waals surface area contributed by atoms with Crippen molar-refractivity contribution in [2.24, 2.45) is 0 Å². The van der Waals surface area contributed by atoms with Crippen LogP contribution in [0.5, 0.6) is 0 Å². The van der Waals surface area contributed by atoms with Crippen LogP contribution in [0.25, 0.3) is 0 Å². The summed E-state index contributed by atoms with van der Waals surface area (Å²) in [6.45, 7) is 7.01. The molecule has 6 heteroatoms. The average molecular weight is 461 g/mol. The summed E-state index contributed by atoms with van der Waals surface area (Å²) in [5.74, 6) is 2.51. The summed E-state index contributed by atoms with van der Waals surface area (Å²) in [7, 11) is 0. The Bertz CT molecular complexity index is 1170. The summed E-state index contributed by atoms with van der Waals surface area (Å²) in [6, 6.07) is 16.0. The molecule has 170 valence electrons. The Labute approximate surface area is 200 Å². The fraction of sp³-hybridized carbons (Fsp3) is 0.370. The number of aromatic nitrogens is 2. The number of halogens is 1. The molecule has 5 nitrogen and oxygen atoms in total. The first-order valence-electron chi connectivity index (χ1n) is 11.7. The number of carbonyl (C=O) groups is 1. The van der Waals surface area contributed by atoms with Crippen molar-refractivity contribution in [3.8, 4) is 0 Å². The highest BCUT2D eigenvalue weighted by molar-refractivity contribution is 6.33. The molecule has 1 amide bonds. The minimum Gasteiger partial charge on any atom is -0.353 e. The Morgan fingerprint density at radius 2 is 1.67 bits per heavy atom. The van der Waals surface area contributed by atoms with Crippen LogP contribution < -0.4 is 4.90 Å². The van der Waals surface area contributed by atoms with Gasteiger partial charge in [-0.3, -0.25) is 4.79 Å². The van der Waals surface area contributed by atoms with Gasteiger partial charge in [0.25, 0.3) is 5.91 Å². The Balaban J connectivity index is 1.38. The van der Waals surface area contributed by atoms with Crippen molar-refractivity contribution in [3.63, 3.8) is 0 Å². The Hall–Kier alpha value is -2.92. The third kappa shape index (κ3) is 4.74. The van der Waals surface area contributed by atoms with Crippen LogP contribution in [-0.2, 0) is 6.42 Å². The first-order chi connectivity index (χ1) is 16.0. The van der Waals surface area contributed by atoms with E-state index in [4.69, 9.17) is 21.6 Å². The van der Waals surface area contributed by atoms with Crippen molar-refractivity contribution in [1.82, 2.24) is 14.9 Å². The largest absolute Gasteiger partial charge is 0.353 e. The van der Waals surface area contributed by atoms with Crippen molar-refractivity contribution in [3.05, 3.63) is 87.3 Å². The first-order valence-corrected chi connectivity index (χ1v) is 12.1. The minimum atomic E-state index is -0.00216. The minimum absolute atomic E-state index is 0.00216. The molecule has 0 unspecified atom stereocenters. The predicted molar refractivity (Wildman–Crippen MR) is 132 cm³/mol. The summed E-state index contributed by atoms with van der Waals surface area (Å²) in [4.78, 5) is 27.2. The van der Waals surface area contributed by atoms with Gasteiger partial charge in [-0.25, -0.2) is 9.97 Å². The van der Waals surface area contributed by atoms with E-state index in [9.17, 15) is 4.79 Å². The van der Waals surface area contributed by atoms with Crippen molar-refractivity contribution in [2.45, 2.75) is 39.0 Å². The lowest BCUT2D eigenvalue weighted by molar-refractivity contribution is 0.0746. The second-order valence-corrected chi connectivity index (χ2v) is 9.57. The Morgan fingerprint density at radius 3 is 2.33 bits per heavy atom. The number of amides is 1. The zero-order valence-corrected chi connectivity index (χ0v) is 20.0. The molecular weight excluding hydrogens is 432 g/mol. The Morgan fingerprint density at radius 1 is 0.970 bits per heavy atom. The van der Waals surface area contributed by atoms with E-state index in [-0.39, 0.29) is 5.91 Å². The zero-order valence-electron chi connectivity index (χ0n) is 19.2. The van der Waals surface area contributed by atoms with Crippen LogP contribution in [0.15, 0.2) is 48.5 Å². The highest BCUT2D eigenvalue weighted by Crippen LogP contribution is 2.39. The molecule has 2 fully saturated rings. The molecular formula is C27H29ClN4O. The van der Waals surface area contributed by atoms with E-state index in [1.807, 2.05) is 17.0 Å². The summed E-state index contributed by atoms with van der Waals surface area (Å²) in [5, 5.41) is 0.505. The van der Waals surface area contributed by atoms with Crippen molar-refractivity contribution in [2.75, 3.05) is 31.1 Å². The van der Waals surface area contributed by atoms with Gasteiger partial charge in [-0.15, -0.1) is 0 Å². The van der Waals surface area contributed by atoms with Gasteiger partial charge in [0, 0.05) is 49.8 Å². The van der Waals surface area contributed by atoms with E-state index in [0.717, 1.165) is 36.8 Å². The monoisotopic (exact) mass is 460 g/mol. The maximum atomic E-state index is 13.0. The number of piperazine rings is 1. The van der Waals surface area contributed by atoms with Crippen molar-refractivity contribution in [1.29, 1.82) is 0 Å². The second kappa shape index (κ2) is 9.14. The highest BCUT2D eigenvalue weighted by Gasteiger charge is 2.31. The van der Waals surface area contributed by atoms with Crippen LogP contribution in [0.3, 0.4) is 0 Å². The second-order valence-electron chi connectivity index (χ2n) is 9.17. The molecule has 2 aliphatic rings. The molecule has 0 N–H and O–H groups in total. The number of anilines is 1. The molecule has 0 spiro atoms. The topological polar surface area (TPSA) is 49.3 Å². The number of rotatable bonds is 5. The van der Waals surface area contributed by atoms with Gasteiger partial charge >= 0.3 is 0 Å². The molecule has 1 saturated carbocycles. The summed E-state index contributed by atoms with van der Waals surface area (Å²) in [5.41, 5.74) is 5.35. The van der Waals surface area contributed by atoms with Crippen LogP contribution in [0, 0.1) is 13.8 Å². The maximum absolute atomic E-state index is 13.0. The molecule has 0 bridgehead atoms. The molecule has 1 aliphatic carbocycles. The molecule has 0 atom stereocenters. The number of hydrogen-bond donors (Lipinski definition) is 0. The lowest BCUT2D eigenvalue weighted by atomic mass is 10.0. The number of benzene rings is 2. The SMILES string of the molecule is Cc1ccc(Cc2c(C)nc(C3CC3)nc2N2CCN(C(=O)c3ccccc3Cl)CC2)cc1. The molecule has 1 aliphatic heterocycles. The van der Waals surface area contributed by atoms with E-state index >= 15 is 0 Å². The average Bonchev–Trinajstić information content (AvgIpc) is 3.67. The molecule has 5 rings (SSSR count).